The summed E-state index contributed by atoms with van der Waals surface area (Å²) >= 11 is 0. The minimum atomic E-state index is -1.26. The van der Waals surface area contributed by atoms with Crippen LogP contribution in [0.3, 0.4) is 0 Å². The average Bonchev–Trinajstić information content (AvgIpc) is 3.56. The Morgan fingerprint density at radius 2 is 1.51 bits per heavy atom. The van der Waals surface area contributed by atoms with E-state index in [1.165, 1.54) is 4.90 Å². The van der Waals surface area contributed by atoms with Crippen LogP contribution in [0.1, 0.15) is 48.3 Å². The van der Waals surface area contributed by atoms with Gasteiger partial charge in [0, 0.05) is 18.5 Å². The number of hydrogen-bond acceptors (Lipinski definition) is 6. The van der Waals surface area contributed by atoms with Gasteiger partial charge < -0.3 is 24.8 Å². The molecule has 3 aromatic rings. The Kier molecular flexibility index (Phi) is 8.62. The molecular weight excluding hydrogens is 524 g/mol. The Bertz CT molecular complexity index is 1380. The number of likely N-dealkylation sites (tertiary alicyclic amines) is 1. The highest BCUT2D eigenvalue weighted by atomic mass is 16.5. The summed E-state index contributed by atoms with van der Waals surface area (Å²) < 4.78 is 11.0. The summed E-state index contributed by atoms with van der Waals surface area (Å²) in [7, 11) is 0. The highest BCUT2D eigenvalue weighted by Gasteiger charge is 2.37. The van der Waals surface area contributed by atoms with Crippen LogP contribution in [0.2, 0.25) is 0 Å². The Morgan fingerprint density at radius 1 is 0.878 bits per heavy atom. The first-order chi connectivity index (χ1) is 19.9. The average molecular weight is 557 g/mol. The van der Waals surface area contributed by atoms with E-state index < -0.39 is 42.4 Å². The van der Waals surface area contributed by atoms with Gasteiger partial charge in [0.15, 0.2) is 0 Å². The molecule has 0 spiro atoms. The Morgan fingerprint density at radius 3 is 2.17 bits per heavy atom. The largest absolute Gasteiger partial charge is 0.481 e. The molecule has 2 N–H and O–H groups in total. The normalized spacial score (nSPS) is 16.4. The number of carbonyl (C=O) groups excluding carboxylic acids is 3. The van der Waals surface area contributed by atoms with E-state index in [0.29, 0.717) is 19.4 Å². The smallest absolute Gasteiger partial charge is 0.407 e. The van der Waals surface area contributed by atoms with Crippen LogP contribution in [0.4, 0.5) is 4.79 Å². The molecule has 1 aliphatic carbocycles. The lowest BCUT2D eigenvalue weighted by molar-refractivity contribution is -0.149. The van der Waals surface area contributed by atoms with E-state index in [0.717, 1.165) is 27.8 Å². The molecule has 0 radical (unpaired) electrons. The van der Waals surface area contributed by atoms with Crippen molar-refractivity contribution >= 4 is 23.9 Å². The topological polar surface area (TPSA) is 122 Å². The highest BCUT2D eigenvalue weighted by Crippen LogP contribution is 2.44. The number of fused-ring (bicyclic) bond motifs is 3. The van der Waals surface area contributed by atoms with Gasteiger partial charge >= 0.3 is 18.0 Å². The van der Waals surface area contributed by atoms with E-state index in [2.05, 4.69) is 5.32 Å². The lowest BCUT2D eigenvalue weighted by Crippen LogP contribution is -2.51. The van der Waals surface area contributed by atoms with Gasteiger partial charge in [0.2, 0.25) is 5.91 Å². The standard InChI is InChI=1S/C32H32N2O7/c35-29(36)17-22-11-8-16-34(22)31(38)28(18-30(37)40-19-21-9-2-1-3-10-21)33-32(39)41-20-27-25-14-6-4-12-23(25)24-13-5-7-15-26(24)27/h1-7,9-10,12-15,22,27-28H,8,11,16-20H2,(H,33,39)(H,35,36)/t22?,28-/m0/s1. The van der Waals surface area contributed by atoms with Gasteiger partial charge in [0.1, 0.15) is 19.3 Å². The maximum absolute atomic E-state index is 13.5. The maximum Gasteiger partial charge on any atom is 0.407 e. The van der Waals surface area contributed by atoms with Crippen LogP contribution in [0.5, 0.6) is 0 Å². The lowest BCUT2D eigenvalue weighted by Gasteiger charge is -2.28. The van der Waals surface area contributed by atoms with Crippen molar-refractivity contribution in [2.24, 2.45) is 0 Å². The zero-order chi connectivity index (χ0) is 28.8. The van der Waals surface area contributed by atoms with Crippen LogP contribution in [0.15, 0.2) is 78.9 Å². The first kappa shape index (κ1) is 27.9. The lowest BCUT2D eigenvalue weighted by atomic mass is 9.98. The molecular formula is C32H32N2O7. The summed E-state index contributed by atoms with van der Waals surface area (Å²) in [5.41, 5.74) is 5.06. The molecule has 41 heavy (non-hydrogen) atoms. The van der Waals surface area contributed by atoms with Crippen molar-refractivity contribution in [3.05, 3.63) is 95.6 Å². The second-order valence-corrected chi connectivity index (χ2v) is 10.3. The second-order valence-electron chi connectivity index (χ2n) is 10.3. The van der Waals surface area contributed by atoms with Crippen LogP contribution in [0.25, 0.3) is 11.1 Å². The fraction of sp³-hybridized carbons (Fsp3) is 0.312. The predicted octanol–water partition coefficient (Wildman–Crippen LogP) is 4.49. The molecule has 2 atom stereocenters. The number of carboxylic acid groups (broad SMARTS) is 1. The molecule has 5 rings (SSSR count). The molecule has 3 aromatic carbocycles. The van der Waals surface area contributed by atoms with Gasteiger partial charge in [-0.1, -0.05) is 78.9 Å². The number of amides is 2. The van der Waals surface area contributed by atoms with E-state index in [1.54, 1.807) is 0 Å². The fourth-order valence-corrected chi connectivity index (χ4v) is 5.69. The molecule has 2 amide bonds. The summed E-state index contributed by atoms with van der Waals surface area (Å²) in [6.45, 7) is 0.417. The maximum atomic E-state index is 13.5. The molecule has 1 saturated heterocycles. The van der Waals surface area contributed by atoms with Gasteiger partial charge in [0.05, 0.1) is 12.8 Å². The number of nitrogens with one attached hydrogen (secondary N) is 1. The Labute approximate surface area is 238 Å². The molecule has 0 bridgehead atoms. The summed E-state index contributed by atoms with van der Waals surface area (Å²) in [4.78, 5) is 52.1. The molecule has 1 heterocycles. The van der Waals surface area contributed by atoms with Crippen molar-refractivity contribution < 1.29 is 33.8 Å². The summed E-state index contributed by atoms with van der Waals surface area (Å²) in [5.74, 6) is -2.38. The van der Waals surface area contributed by atoms with E-state index in [4.69, 9.17) is 9.47 Å². The van der Waals surface area contributed by atoms with Gasteiger partial charge in [-0.05, 0) is 40.7 Å². The number of rotatable bonds is 10. The molecule has 1 unspecified atom stereocenters. The number of esters is 1. The van der Waals surface area contributed by atoms with Gasteiger partial charge in [-0.25, -0.2) is 4.79 Å². The third-order valence-corrected chi connectivity index (χ3v) is 7.62. The zero-order valence-corrected chi connectivity index (χ0v) is 22.5. The number of aliphatic carboxylic acids is 1. The molecule has 9 nitrogen and oxygen atoms in total. The van der Waals surface area contributed by atoms with Crippen molar-refractivity contribution in [1.82, 2.24) is 10.2 Å². The Hall–Kier alpha value is -4.66. The number of carbonyl (C=O) groups is 4. The van der Waals surface area contributed by atoms with E-state index in [9.17, 15) is 24.3 Å². The van der Waals surface area contributed by atoms with Crippen LogP contribution >= 0.6 is 0 Å². The van der Waals surface area contributed by atoms with Crippen LogP contribution in [0, 0.1) is 0 Å². The fourth-order valence-electron chi connectivity index (χ4n) is 5.69. The number of hydrogen-bond donors (Lipinski definition) is 2. The highest BCUT2D eigenvalue weighted by molar-refractivity contribution is 5.90. The predicted molar refractivity (Wildman–Crippen MR) is 150 cm³/mol. The second kappa shape index (κ2) is 12.7. The molecule has 1 fully saturated rings. The quantitative estimate of drug-likeness (QED) is 0.353. The first-order valence-electron chi connectivity index (χ1n) is 13.7. The molecule has 212 valence electrons. The number of alkyl carbamates (subject to hydrolysis) is 1. The van der Waals surface area contributed by atoms with Crippen molar-refractivity contribution in [3.8, 4) is 11.1 Å². The number of nitrogens with zero attached hydrogens (tertiary/aromatic N) is 1. The van der Waals surface area contributed by atoms with E-state index in [1.807, 2.05) is 78.9 Å². The van der Waals surface area contributed by atoms with Gasteiger partial charge in [-0.3, -0.25) is 14.4 Å². The van der Waals surface area contributed by atoms with Gasteiger partial charge in [0.25, 0.3) is 0 Å². The molecule has 9 heteroatoms. The summed E-state index contributed by atoms with van der Waals surface area (Å²) in [6, 6.07) is 23.3. The first-order valence-corrected chi connectivity index (χ1v) is 13.7. The van der Waals surface area contributed by atoms with Crippen LogP contribution in [-0.2, 0) is 30.5 Å². The van der Waals surface area contributed by atoms with Gasteiger partial charge in [-0.2, -0.15) is 0 Å². The molecule has 0 aromatic heterocycles. The zero-order valence-electron chi connectivity index (χ0n) is 22.5. The van der Waals surface area contributed by atoms with Crippen molar-refractivity contribution in [2.75, 3.05) is 13.2 Å². The number of ether oxygens (including phenoxy) is 2. The van der Waals surface area contributed by atoms with Crippen molar-refractivity contribution in [3.63, 3.8) is 0 Å². The third-order valence-electron chi connectivity index (χ3n) is 7.62. The Balaban J connectivity index is 1.27. The SMILES string of the molecule is O=C(O)CC1CCCN1C(=O)[C@H](CC(=O)OCc1ccccc1)NC(=O)OCC1c2ccccc2-c2ccccc21. The van der Waals surface area contributed by atoms with Crippen molar-refractivity contribution in [1.29, 1.82) is 0 Å². The van der Waals surface area contributed by atoms with E-state index in [-0.39, 0.29) is 25.6 Å². The molecule has 0 saturated carbocycles. The van der Waals surface area contributed by atoms with E-state index >= 15 is 0 Å². The van der Waals surface area contributed by atoms with Crippen LogP contribution in [-0.4, -0.2) is 59.2 Å². The minimum Gasteiger partial charge on any atom is -0.481 e. The number of carboxylic acids is 1. The molecule has 1 aliphatic heterocycles. The summed E-state index contributed by atoms with van der Waals surface area (Å²) in [5, 5.41) is 11.9. The number of benzene rings is 3. The van der Waals surface area contributed by atoms with Gasteiger partial charge in [-0.15, -0.1) is 0 Å². The monoisotopic (exact) mass is 556 g/mol. The summed E-state index contributed by atoms with van der Waals surface area (Å²) in [6.07, 6.45) is -0.280. The minimum absolute atomic E-state index is 0.0247. The molecule has 2 aliphatic rings. The van der Waals surface area contributed by atoms with Crippen molar-refractivity contribution in [2.45, 2.75) is 50.3 Å². The van der Waals surface area contributed by atoms with Crippen LogP contribution < -0.4 is 5.32 Å². The third kappa shape index (κ3) is 6.57.